The third-order valence-electron chi connectivity index (χ3n) is 4.37. The van der Waals surface area contributed by atoms with E-state index in [1.165, 1.54) is 0 Å². The Morgan fingerprint density at radius 2 is 1.71 bits per heavy atom. The van der Waals surface area contributed by atoms with E-state index in [0.29, 0.717) is 11.1 Å². The van der Waals surface area contributed by atoms with Crippen molar-refractivity contribution in [1.29, 1.82) is 0 Å². The smallest absolute Gasteiger partial charge is 0.193 e. The predicted octanol–water partition coefficient (Wildman–Crippen LogP) is 4.20. The predicted molar refractivity (Wildman–Crippen MR) is 101 cm³/mol. The van der Waals surface area contributed by atoms with Gasteiger partial charge in [-0.05, 0) is 20.8 Å². The van der Waals surface area contributed by atoms with E-state index in [1.54, 1.807) is 0 Å². The fourth-order valence-corrected chi connectivity index (χ4v) is 3.16. The zero-order valence-corrected chi connectivity index (χ0v) is 15.1. The fourth-order valence-electron chi connectivity index (χ4n) is 3.16. The first kappa shape index (κ1) is 18.2. The van der Waals surface area contributed by atoms with Crippen molar-refractivity contribution in [1.82, 2.24) is 4.90 Å². The van der Waals surface area contributed by atoms with Gasteiger partial charge in [0.25, 0.3) is 0 Å². The molecular formula is C20H23ClN2O. The monoisotopic (exact) mass is 342 g/mol. The summed E-state index contributed by atoms with van der Waals surface area (Å²) in [6.07, 6.45) is 0. The molecule has 0 saturated heterocycles. The van der Waals surface area contributed by atoms with Gasteiger partial charge in [-0.2, -0.15) is 0 Å². The van der Waals surface area contributed by atoms with Crippen LogP contribution < -0.4 is 0 Å². The molecule has 0 spiro atoms. The zero-order valence-electron chi connectivity index (χ0n) is 14.3. The van der Waals surface area contributed by atoms with Crippen molar-refractivity contribution in [3.63, 3.8) is 0 Å². The standard InChI is InChI=1S/C20H22N2O.ClH/c1-4-22-19(21-14-20(22,2)3)17-13-9-8-12-16(17)18(23)15-10-6-5-7-11-15;/h5-13H,4,14H2,1-3H3;1H. The number of benzene rings is 2. The number of halogens is 1. The molecule has 0 bridgehead atoms. The number of rotatable bonds is 4. The number of aliphatic imine (C=N–C) groups is 1. The maximum atomic E-state index is 12.9. The van der Waals surface area contributed by atoms with Crippen molar-refractivity contribution >= 4 is 24.0 Å². The quantitative estimate of drug-likeness (QED) is 0.780. The minimum absolute atomic E-state index is 0. The van der Waals surface area contributed by atoms with Gasteiger partial charge in [-0.1, -0.05) is 54.6 Å². The van der Waals surface area contributed by atoms with Crippen LogP contribution in [0.25, 0.3) is 0 Å². The molecule has 0 saturated carbocycles. The van der Waals surface area contributed by atoms with E-state index in [0.717, 1.165) is 24.5 Å². The van der Waals surface area contributed by atoms with Crippen molar-refractivity contribution in [2.24, 2.45) is 4.99 Å². The molecule has 1 aliphatic rings. The summed E-state index contributed by atoms with van der Waals surface area (Å²) < 4.78 is 0. The molecule has 0 fully saturated rings. The lowest BCUT2D eigenvalue weighted by Gasteiger charge is -2.33. The summed E-state index contributed by atoms with van der Waals surface area (Å²) in [6, 6.07) is 17.2. The van der Waals surface area contributed by atoms with Crippen LogP contribution in [0, 0.1) is 0 Å². The SMILES string of the molecule is CCN1C(c2ccccc2C(=O)c2ccccc2)=NCC1(C)C.Cl. The molecule has 3 rings (SSSR count). The van der Waals surface area contributed by atoms with E-state index in [-0.39, 0.29) is 23.7 Å². The molecule has 24 heavy (non-hydrogen) atoms. The molecule has 1 heterocycles. The maximum absolute atomic E-state index is 12.9. The normalized spacial score (nSPS) is 15.6. The van der Waals surface area contributed by atoms with Crippen LogP contribution in [-0.2, 0) is 0 Å². The first-order valence-electron chi connectivity index (χ1n) is 8.06. The molecule has 0 radical (unpaired) electrons. The largest absolute Gasteiger partial charge is 0.350 e. The van der Waals surface area contributed by atoms with Crippen LogP contribution >= 0.6 is 12.4 Å². The fraction of sp³-hybridized carbons (Fsp3) is 0.300. The summed E-state index contributed by atoms with van der Waals surface area (Å²) in [5, 5.41) is 0. The highest BCUT2D eigenvalue weighted by molar-refractivity contribution is 6.16. The molecular weight excluding hydrogens is 320 g/mol. The maximum Gasteiger partial charge on any atom is 0.193 e. The molecule has 0 N–H and O–H groups in total. The lowest BCUT2D eigenvalue weighted by molar-refractivity contribution is 0.103. The van der Waals surface area contributed by atoms with Gasteiger partial charge in [0.2, 0.25) is 0 Å². The number of likely N-dealkylation sites (N-methyl/N-ethyl adjacent to an activating group) is 1. The molecule has 2 aromatic carbocycles. The van der Waals surface area contributed by atoms with Gasteiger partial charge in [0.05, 0.1) is 12.1 Å². The number of nitrogens with zero attached hydrogens (tertiary/aromatic N) is 2. The second kappa shape index (κ2) is 7.18. The molecule has 0 aliphatic carbocycles. The number of amidine groups is 1. The molecule has 0 amide bonds. The Bertz CT molecular complexity index is 753. The van der Waals surface area contributed by atoms with E-state index in [1.807, 2.05) is 54.6 Å². The van der Waals surface area contributed by atoms with E-state index < -0.39 is 0 Å². The first-order chi connectivity index (χ1) is 11.0. The molecule has 0 atom stereocenters. The van der Waals surface area contributed by atoms with Crippen molar-refractivity contribution < 1.29 is 4.79 Å². The third-order valence-corrected chi connectivity index (χ3v) is 4.37. The molecule has 126 valence electrons. The van der Waals surface area contributed by atoms with Crippen LogP contribution in [0.5, 0.6) is 0 Å². The van der Waals surface area contributed by atoms with E-state index >= 15 is 0 Å². The van der Waals surface area contributed by atoms with Gasteiger partial charge in [-0.3, -0.25) is 9.79 Å². The Hall–Kier alpha value is -2.13. The molecule has 3 nitrogen and oxygen atoms in total. The highest BCUT2D eigenvalue weighted by atomic mass is 35.5. The van der Waals surface area contributed by atoms with Crippen molar-refractivity contribution in [2.75, 3.05) is 13.1 Å². The highest BCUT2D eigenvalue weighted by Crippen LogP contribution is 2.27. The van der Waals surface area contributed by atoms with Gasteiger partial charge >= 0.3 is 0 Å². The summed E-state index contributed by atoms with van der Waals surface area (Å²) in [7, 11) is 0. The summed E-state index contributed by atoms with van der Waals surface area (Å²) >= 11 is 0. The van der Waals surface area contributed by atoms with Crippen LogP contribution in [0.15, 0.2) is 59.6 Å². The van der Waals surface area contributed by atoms with Crippen molar-refractivity contribution in [3.05, 3.63) is 71.3 Å². The van der Waals surface area contributed by atoms with Crippen LogP contribution in [0.1, 0.15) is 42.3 Å². The molecule has 1 aliphatic heterocycles. The summed E-state index contributed by atoms with van der Waals surface area (Å²) in [4.78, 5) is 19.9. The number of hydrogen-bond acceptors (Lipinski definition) is 3. The van der Waals surface area contributed by atoms with Gasteiger partial charge < -0.3 is 4.90 Å². The zero-order chi connectivity index (χ0) is 16.4. The summed E-state index contributed by atoms with van der Waals surface area (Å²) in [5.74, 6) is 0.974. The Kier molecular flexibility index (Phi) is 5.45. The van der Waals surface area contributed by atoms with Crippen molar-refractivity contribution in [3.8, 4) is 0 Å². The Labute approximate surface area is 149 Å². The van der Waals surface area contributed by atoms with Gasteiger partial charge in [0.1, 0.15) is 5.84 Å². The number of hydrogen-bond donors (Lipinski definition) is 0. The van der Waals surface area contributed by atoms with E-state index in [9.17, 15) is 4.79 Å². The second-order valence-electron chi connectivity index (χ2n) is 6.44. The van der Waals surface area contributed by atoms with E-state index in [4.69, 9.17) is 4.99 Å². The Morgan fingerprint density at radius 3 is 2.38 bits per heavy atom. The second-order valence-corrected chi connectivity index (χ2v) is 6.44. The topological polar surface area (TPSA) is 32.7 Å². The van der Waals surface area contributed by atoms with Crippen LogP contribution in [0.4, 0.5) is 0 Å². The highest BCUT2D eigenvalue weighted by Gasteiger charge is 2.35. The van der Waals surface area contributed by atoms with Gasteiger partial charge in [-0.25, -0.2) is 0 Å². The Balaban J connectivity index is 0.00000208. The van der Waals surface area contributed by atoms with Gasteiger partial charge in [0.15, 0.2) is 5.78 Å². The lowest BCUT2D eigenvalue weighted by atomic mass is 9.96. The van der Waals surface area contributed by atoms with Crippen molar-refractivity contribution in [2.45, 2.75) is 26.3 Å². The molecule has 0 unspecified atom stereocenters. The summed E-state index contributed by atoms with van der Waals surface area (Å²) in [5.41, 5.74) is 2.34. The minimum atomic E-state index is -0.00696. The average molecular weight is 343 g/mol. The minimum Gasteiger partial charge on any atom is -0.350 e. The van der Waals surface area contributed by atoms with Gasteiger partial charge in [-0.15, -0.1) is 12.4 Å². The average Bonchev–Trinajstić information content (AvgIpc) is 2.89. The van der Waals surface area contributed by atoms with Crippen LogP contribution in [0.2, 0.25) is 0 Å². The van der Waals surface area contributed by atoms with Crippen LogP contribution in [-0.4, -0.2) is 35.1 Å². The first-order valence-corrected chi connectivity index (χ1v) is 8.06. The molecule has 2 aromatic rings. The lowest BCUT2D eigenvalue weighted by Crippen LogP contribution is -2.45. The molecule has 4 heteroatoms. The molecule has 0 aromatic heterocycles. The third kappa shape index (κ3) is 3.22. The van der Waals surface area contributed by atoms with Crippen LogP contribution in [0.3, 0.4) is 0 Å². The number of carbonyl (C=O) groups is 1. The Morgan fingerprint density at radius 1 is 1.08 bits per heavy atom. The van der Waals surface area contributed by atoms with Gasteiger partial charge in [0, 0.05) is 23.2 Å². The number of carbonyl (C=O) groups excluding carboxylic acids is 1. The van der Waals surface area contributed by atoms with E-state index in [2.05, 4.69) is 25.7 Å². The number of ketones is 1. The summed E-state index contributed by atoms with van der Waals surface area (Å²) in [6.45, 7) is 8.14.